The van der Waals surface area contributed by atoms with Crippen molar-refractivity contribution in [2.45, 2.75) is 5.51 Å². The van der Waals surface area contributed by atoms with Gasteiger partial charge in [0.05, 0.1) is 6.67 Å². The van der Waals surface area contributed by atoms with Crippen LogP contribution in [0.15, 0.2) is 37.8 Å². The molecule has 0 saturated heterocycles. The summed E-state index contributed by atoms with van der Waals surface area (Å²) >= 11 is 0. The second kappa shape index (κ2) is 6.45. The predicted molar refractivity (Wildman–Crippen MR) is 60.5 cm³/mol. The number of nitrogens with zero attached hydrogens (tertiary/aromatic N) is 2. The molecule has 0 bridgehead atoms. The highest BCUT2D eigenvalue weighted by atomic mass is 32.2. The summed E-state index contributed by atoms with van der Waals surface area (Å²) in [5, 5.41) is 0. The molecule has 0 radical (unpaired) electrons. The third-order valence-corrected chi connectivity index (χ3v) is 2.29. The molecular formula is C9H13F3N2O3S. The largest absolute Gasteiger partial charge is 0.522 e. The van der Waals surface area contributed by atoms with Crippen molar-refractivity contribution in [1.82, 2.24) is 9.80 Å². The van der Waals surface area contributed by atoms with Crippen LogP contribution in [0.2, 0.25) is 0 Å². The molecule has 1 rings (SSSR count). The Morgan fingerprint density at radius 2 is 1.83 bits per heavy atom. The number of hydrogen-bond acceptors (Lipinski definition) is 4. The highest BCUT2D eigenvalue weighted by Gasteiger charge is 2.44. The summed E-state index contributed by atoms with van der Waals surface area (Å²) in [5.41, 5.74) is -5.53. The van der Waals surface area contributed by atoms with Crippen LogP contribution in [-0.2, 0) is 10.1 Å². The van der Waals surface area contributed by atoms with Gasteiger partial charge < -0.3 is 9.80 Å². The zero-order chi connectivity index (χ0) is 14.4. The summed E-state index contributed by atoms with van der Waals surface area (Å²) in [6, 6.07) is 0. The van der Waals surface area contributed by atoms with Gasteiger partial charge in [0, 0.05) is 18.9 Å². The molecule has 1 aliphatic rings. The Labute approximate surface area is 103 Å². The fourth-order valence-electron chi connectivity index (χ4n) is 0.887. The molecular weight excluding hydrogens is 273 g/mol. The minimum atomic E-state index is -5.84. The van der Waals surface area contributed by atoms with Crippen molar-refractivity contribution < 1.29 is 26.1 Å². The Morgan fingerprint density at radius 1 is 1.33 bits per heavy atom. The van der Waals surface area contributed by atoms with Crippen LogP contribution < -0.4 is 0 Å². The van der Waals surface area contributed by atoms with Crippen molar-refractivity contribution in [2.24, 2.45) is 0 Å². The average Bonchev–Trinajstić information content (AvgIpc) is 2.64. The molecule has 1 aliphatic heterocycles. The number of alkyl halides is 3. The van der Waals surface area contributed by atoms with Crippen LogP contribution in [0.5, 0.6) is 0 Å². The van der Waals surface area contributed by atoms with Crippen LogP contribution in [-0.4, -0.2) is 41.5 Å². The Bertz CT molecular complexity index is 417. The van der Waals surface area contributed by atoms with E-state index in [1.54, 1.807) is 6.20 Å². The lowest BCUT2D eigenvalue weighted by Gasteiger charge is -2.15. The summed E-state index contributed by atoms with van der Waals surface area (Å²) in [5.74, 6) is 0. The third-order valence-electron chi connectivity index (χ3n) is 1.70. The summed E-state index contributed by atoms with van der Waals surface area (Å²) < 4.78 is 57.5. The van der Waals surface area contributed by atoms with Crippen LogP contribution in [0.3, 0.4) is 0 Å². The maximum atomic E-state index is 10.7. The molecule has 104 valence electrons. The number of hydrogen-bond donors (Lipinski definition) is 1. The van der Waals surface area contributed by atoms with E-state index in [4.69, 9.17) is 13.0 Å². The molecule has 18 heavy (non-hydrogen) atoms. The van der Waals surface area contributed by atoms with Gasteiger partial charge in [-0.3, -0.25) is 4.55 Å². The van der Waals surface area contributed by atoms with Crippen molar-refractivity contribution in [1.29, 1.82) is 0 Å². The molecule has 0 aromatic carbocycles. The molecule has 0 aromatic rings. The first-order valence-electron chi connectivity index (χ1n) is 4.57. The zero-order valence-electron chi connectivity index (χ0n) is 9.34. The number of rotatable bonds is 3. The highest BCUT2D eigenvalue weighted by molar-refractivity contribution is 7.86. The monoisotopic (exact) mass is 286 g/mol. The predicted octanol–water partition coefficient (Wildman–Crippen LogP) is 1.76. The quantitative estimate of drug-likeness (QED) is 0.486. The molecule has 1 N–H and O–H groups in total. The lowest BCUT2D eigenvalue weighted by atomic mass is 10.6. The van der Waals surface area contributed by atoms with Crippen molar-refractivity contribution in [3.63, 3.8) is 0 Å². The van der Waals surface area contributed by atoms with Crippen molar-refractivity contribution in [3.8, 4) is 0 Å². The normalized spacial score (nSPS) is 15.1. The van der Waals surface area contributed by atoms with Gasteiger partial charge in [-0.2, -0.15) is 21.6 Å². The molecule has 0 aromatic heterocycles. The highest BCUT2D eigenvalue weighted by Crippen LogP contribution is 2.20. The second-order valence-corrected chi connectivity index (χ2v) is 4.53. The maximum absolute atomic E-state index is 10.7. The molecule has 0 atom stereocenters. The van der Waals surface area contributed by atoms with E-state index in [0.717, 1.165) is 13.2 Å². The van der Waals surface area contributed by atoms with Crippen molar-refractivity contribution in [3.05, 3.63) is 37.8 Å². The Balaban J connectivity index is 0.000000331. The molecule has 0 fully saturated rings. The summed E-state index contributed by atoms with van der Waals surface area (Å²) in [4.78, 5) is 4.16. The summed E-state index contributed by atoms with van der Waals surface area (Å²) in [6.07, 6.45) is 7.72. The fraction of sp³-hybridized carbons (Fsp3) is 0.333. The van der Waals surface area contributed by atoms with E-state index in [2.05, 4.69) is 18.1 Å². The van der Waals surface area contributed by atoms with Crippen LogP contribution in [0.25, 0.3) is 0 Å². The topological polar surface area (TPSA) is 60.9 Å². The van der Waals surface area contributed by atoms with E-state index in [1.807, 2.05) is 23.4 Å². The van der Waals surface area contributed by atoms with E-state index >= 15 is 0 Å². The van der Waals surface area contributed by atoms with E-state index < -0.39 is 15.6 Å². The van der Waals surface area contributed by atoms with Crippen LogP contribution in [0, 0.1) is 0 Å². The zero-order valence-corrected chi connectivity index (χ0v) is 10.2. The van der Waals surface area contributed by atoms with E-state index in [0.29, 0.717) is 0 Å². The van der Waals surface area contributed by atoms with Gasteiger partial charge in [-0.25, -0.2) is 0 Å². The summed E-state index contributed by atoms with van der Waals surface area (Å²) in [7, 11) is -5.84. The van der Waals surface area contributed by atoms with Gasteiger partial charge in [-0.15, -0.1) is 6.58 Å². The first-order chi connectivity index (χ1) is 8.11. The van der Waals surface area contributed by atoms with Gasteiger partial charge in [0.25, 0.3) is 0 Å². The van der Waals surface area contributed by atoms with Crippen molar-refractivity contribution >= 4 is 10.1 Å². The number of halogens is 3. The van der Waals surface area contributed by atoms with Gasteiger partial charge in [0.1, 0.15) is 0 Å². The minimum absolute atomic E-state index is 0.898. The van der Waals surface area contributed by atoms with Gasteiger partial charge in [0.15, 0.2) is 0 Å². The van der Waals surface area contributed by atoms with Crippen molar-refractivity contribution in [2.75, 3.05) is 13.2 Å². The van der Waals surface area contributed by atoms with E-state index in [9.17, 15) is 13.2 Å². The third kappa shape index (κ3) is 5.73. The molecule has 0 saturated carbocycles. The molecule has 0 spiro atoms. The summed E-state index contributed by atoms with van der Waals surface area (Å²) in [6.45, 7) is 9.12. The molecule has 5 nitrogen and oxygen atoms in total. The Morgan fingerprint density at radius 3 is 2.11 bits per heavy atom. The van der Waals surface area contributed by atoms with E-state index in [1.165, 1.54) is 0 Å². The van der Waals surface area contributed by atoms with Gasteiger partial charge in [-0.05, 0) is 6.20 Å². The standard InChI is InChI=1S/C8H12N2.CHF3O3S/c1-3-5-10-7-6-9(4-2)8-10;2-1(3,4)8(5,6)7/h3-4,6-7H,1-2,5,8H2;(H,5,6,7). The molecule has 0 amide bonds. The first kappa shape index (κ1) is 16.5. The fourth-order valence-corrected chi connectivity index (χ4v) is 0.887. The second-order valence-electron chi connectivity index (χ2n) is 3.12. The molecule has 9 heteroatoms. The molecule has 0 aliphatic carbocycles. The lowest BCUT2D eigenvalue weighted by Crippen LogP contribution is -2.21. The molecule has 1 heterocycles. The minimum Gasteiger partial charge on any atom is -0.355 e. The molecule has 0 unspecified atom stereocenters. The maximum Gasteiger partial charge on any atom is 0.522 e. The van der Waals surface area contributed by atoms with Gasteiger partial charge >= 0.3 is 15.6 Å². The Hall–Kier alpha value is -1.48. The average molecular weight is 286 g/mol. The van der Waals surface area contributed by atoms with Gasteiger partial charge in [0.2, 0.25) is 0 Å². The van der Waals surface area contributed by atoms with Crippen LogP contribution in [0.1, 0.15) is 0 Å². The Kier molecular flexibility index (Phi) is 5.92. The van der Waals surface area contributed by atoms with Crippen LogP contribution in [0.4, 0.5) is 13.2 Å². The van der Waals surface area contributed by atoms with Crippen LogP contribution >= 0.6 is 0 Å². The van der Waals surface area contributed by atoms with E-state index in [-0.39, 0.29) is 0 Å². The smallest absolute Gasteiger partial charge is 0.355 e. The SMILES string of the molecule is C=CCN1C=CN(C=C)C1.O=S(=O)(O)C(F)(F)F. The lowest BCUT2D eigenvalue weighted by molar-refractivity contribution is -0.0510. The first-order valence-corrected chi connectivity index (χ1v) is 6.01. The van der Waals surface area contributed by atoms with Gasteiger partial charge in [-0.1, -0.05) is 12.7 Å².